The Hall–Kier alpha value is -3.19. The molecule has 1 aliphatic rings. The normalized spacial score (nSPS) is 14.1. The zero-order chi connectivity index (χ0) is 20.4. The number of urea groups is 1. The van der Waals surface area contributed by atoms with Crippen molar-refractivity contribution in [2.24, 2.45) is 5.92 Å². The highest BCUT2D eigenvalue weighted by Crippen LogP contribution is 2.22. The van der Waals surface area contributed by atoms with Crippen LogP contribution in [0.15, 0.2) is 18.3 Å². The van der Waals surface area contributed by atoms with Crippen LogP contribution in [0.3, 0.4) is 0 Å². The summed E-state index contributed by atoms with van der Waals surface area (Å²) in [6.45, 7) is 1.32. The van der Waals surface area contributed by atoms with Gasteiger partial charge in [-0.1, -0.05) is 0 Å². The van der Waals surface area contributed by atoms with E-state index in [1.54, 1.807) is 12.1 Å². The number of amides is 3. The minimum absolute atomic E-state index is 0.266. The fraction of sp³-hybridized carbons (Fsp3) is 0.500. The number of nitrogens with one attached hydrogen (secondary N) is 2. The number of imide groups is 1. The zero-order valence-electron chi connectivity index (χ0n) is 15.6. The summed E-state index contributed by atoms with van der Waals surface area (Å²) in [6, 6.07) is 4.83. The van der Waals surface area contributed by atoms with Crippen LogP contribution in [0, 0.1) is 17.2 Å². The number of methoxy groups -OCH3 is 1. The van der Waals surface area contributed by atoms with Crippen molar-refractivity contribution < 1.29 is 23.9 Å². The number of hydrogen-bond donors (Lipinski definition) is 2. The van der Waals surface area contributed by atoms with E-state index in [0.29, 0.717) is 38.1 Å². The molecule has 28 heavy (non-hydrogen) atoms. The molecular weight excluding hydrogens is 366 g/mol. The minimum Gasteiger partial charge on any atom is -0.455 e. The highest BCUT2D eigenvalue weighted by Gasteiger charge is 2.27. The second kappa shape index (κ2) is 10.8. The summed E-state index contributed by atoms with van der Waals surface area (Å²) < 4.78 is 9.79. The average molecular weight is 389 g/mol. The monoisotopic (exact) mass is 389 g/mol. The van der Waals surface area contributed by atoms with E-state index in [9.17, 15) is 14.4 Å². The Kier molecular flexibility index (Phi) is 8.17. The molecule has 1 aliphatic heterocycles. The molecule has 2 rings (SSSR count). The summed E-state index contributed by atoms with van der Waals surface area (Å²) in [5.41, 5.74) is 0.493. The van der Waals surface area contributed by atoms with Crippen molar-refractivity contribution in [2.75, 3.05) is 44.9 Å². The number of ether oxygens (including phenoxy) is 2. The van der Waals surface area contributed by atoms with Crippen molar-refractivity contribution in [1.29, 1.82) is 5.26 Å². The quantitative estimate of drug-likeness (QED) is 0.498. The van der Waals surface area contributed by atoms with Crippen molar-refractivity contribution in [2.45, 2.75) is 12.8 Å². The molecule has 1 aromatic heterocycles. The van der Waals surface area contributed by atoms with Gasteiger partial charge in [-0.05, 0) is 25.0 Å². The second-order valence-corrected chi connectivity index (χ2v) is 6.18. The van der Waals surface area contributed by atoms with Crippen LogP contribution in [0.2, 0.25) is 0 Å². The van der Waals surface area contributed by atoms with Gasteiger partial charge in [0.05, 0.1) is 18.1 Å². The van der Waals surface area contributed by atoms with Crippen LogP contribution in [0.5, 0.6) is 0 Å². The van der Waals surface area contributed by atoms with Gasteiger partial charge in [0.2, 0.25) is 0 Å². The van der Waals surface area contributed by atoms with Crippen LogP contribution in [-0.4, -0.2) is 62.8 Å². The maximum atomic E-state index is 12.1. The Balaban J connectivity index is 1.69. The molecule has 0 unspecified atom stereocenters. The number of nitrogens with zero attached hydrogens (tertiary/aromatic N) is 3. The van der Waals surface area contributed by atoms with Crippen molar-refractivity contribution >= 4 is 23.7 Å². The van der Waals surface area contributed by atoms with Gasteiger partial charge in [-0.3, -0.25) is 14.9 Å². The van der Waals surface area contributed by atoms with Crippen LogP contribution < -0.4 is 15.5 Å². The molecule has 1 aromatic rings. The number of nitriles is 1. The number of hydrogen-bond acceptors (Lipinski definition) is 8. The average Bonchev–Trinajstić information content (AvgIpc) is 2.72. The molecule has 0 aliphatic carbocycles. The van der Waals surface area contributed by atoms with Gasteiger partial charge in [0.25, 0.3) is 5.91 Å². The number of aromatic nitrogens is 1. The smallest absolute Gasteiger partial charge is 0.321 e. The SMILES string of the molecule is COCCNC(=O)NC(=O)COC(=O)C1CCN(c2ccc(C#N)cn2)CC1. The molecular formula is C18H23N5O5. The molecule has 0 bridgehead atoms. The van der Waals surface area contributed by atoms with Gasteiger partial charge in [0, 0.05) is 32.9 Å². The largest absolute Gasteiger partial charge is 0.455 e. The third kappa shape index (κ3) is 6.51. The second-order valence-electron chi connectivity index (χ2n) is 6.18. The van der Waals surface area contributed by atoms with E-state index < -0.39 is 24.5 Å². The molecule has 0 radical (unpaired) electrons. The van der Waals surface area contributed by atoms with Gasteiger partial charge in [0.15, 0.2) is 6.61 Å². The van der Waals surface area contributed by atoms with Gasteiger partial charge in [-0.2, -0.15) is 5.26 Å². The van der Waals surface area contributed by atoms with Crippen molar-refractivity contribution in [3.05, 3.63) is 23.9 Å². The molecule has 3 amide bonds. The number of carbonyl (C=O) groups is 3. The van der Waals surface area contributed by atoms with Crippen LogP contribution in [0.25, 0.3) is 0 Å². The van der Waals surface area contributed by atoms with Gasteiger partial charge < -0.3 is 19.7 Å². The predicted molar refractivity (Wildman–Crippen MR) is 98.3 cm³/mol. The third-order valence-corrected chi connectivity index (χ3v) is 4.22. The first kappa shape index (κ1) is 21.1. The third-order valence-electron chi connectivity index (χ3n) is 4.22. The summed E-state index contributed by atoms with van der Waals surface area (Å²) in [6.07, 6.45) is 2.65. The van der Waals surface area contributed by atoms with Gasteiger partial charge in [0.1, 0.15) is 11.9 Å². The maximum Gasteiger partial charge on any atom is 0.321 e. The number of rotatable bonds is 7. The Labute approximate surface area is 162 Å². The first-order chi connectivity index (χ1) is 13.5. The highest BCUT2D eigenvalue weighted by atomic mass is 16.5. The lowest BCUT2D eigenvalue weighted by atomic mass is 9.97. The fourth-order valence-corrected chi connectivity index (χ4v) is 2.71. The lowest BCUT2D eigenvalue weighted by Gasteiger charge is -2.31. The molecule has 1 saturated heterocycles. The minimum atomic E-state index is -0.692. The van der Waals surface area contributed by atoms with Crippen molar-refractivity contribution in [3.63, 3.8) is 0 Å². The first-order valence-electron chi connectivity index (χ1n) is 8.88. The summed E-state index contributed by atoms with van der Waals surface area (Å²) in [7, 11) is 1.50. The lowest BCUT2D eigenvalue weighted by molar-refractivity contribution is -0.153. The number of pyridine rings is 1. The molecule has 0 spiro atoms. The van der Waals surface area contributed by atoms with E-state index in [1.807, 2.05) is 11.0 Å². The van der Waals surface area contributed by atoms with Crippen LogP contribution in [0.4, 0.5) is 10.6 Å². The van der Waals surface area contributed by atoms with E-state index in [1.165, 1.54) is 13.3 Å². The van der Waals surface area contributed by atoms with Crippen LogP contribution >= 0.6 is 0 Å². The van der Waals surface area contributed by atoms with E-state index in [0.717, 1.165) is 5.82 Å². The zero-order valence-corrected chi connectivity index (χ0v) is 15.6. The topological polar surface area (TPSA) is 134 Å². The molecule has 0 atom stereocenters. The molecule has 10 heteroatoms. The van der Waals surface area contributed by atoms with Crippen molar-refractivity contribution in [1.82, 2.24) is 15.6 Å². The Morgan fingerprint density at radius 3 is 2.68 bits per heavy atom. The molecule has 2 N–H and O–H groups in total. The maximum absolute atomic E-state index is 12.1. The summed E-state index contributed by atoms with van der Waals surface area (Å²) >= 11 is 0. The molecule has 10 nitrogen and oxygen atoms in total. The molecule has 0 aromatic carbocycles. The number of anilines is 1. The Morgan fingerprint density at radius 2 is 2.07 bits per heavy atom. The van der Waals surface area contributed by atoms with Gasteiger partial charge in [-0.25, -0.2) is 9.78 Å². The predicted octanol–water partition coefficient (Wildman–Crippen LogP) is 0.185. The van der Waals surface area contributed by atoms with Crippen molar-refractivity contribution in [3.8, 4) is 6.07 Å². The van der Waals surface area contributed by atoms with Crippen LogP contribution in [0.1, 0.15) is 18.4 Å². The van der Waals surface area contributed by atoms with Gasteiger partial charge >= 0.3 is 12.0 Å². The lowest BCUT2D eigenvalue weighted by Crippen LogP contribution is -2.43. The van der Waals surface area contributed by atoms with Crippen LogP contribution in [-0.2, 0) is 19.1 Å². The number of piperidine rings is 1. The molecule has 1 fully saturated rings. The van der Waals surface area contributed by atoms with E-state index in [4.69, 9.17) is 14.7 Å². The fourth-order valence-electron chi connectivity index (χ4n) is 2.71. The molecule has 2 heterocycles. The Morgan fingerprint density at radius 1 is 1.32 bits per heavy atom. The number of esters is 1. The standard InChI is InChI=1S/C18H23N5O5/c1-27-9-6-20-18(26)22-16(24)12-28-17(25)14-4-7-23(8-5-14)15-3-2-13(10-19)11-21-15/h2-3,11,14H,4-9,12H2,1H3,(H2,20,22,24,26). The summed E-state index contributed by atoms with van der Waals surface area (Å²) in [5.74, 6) is -0.701. The molecule has 150 valence electrons. The van der Waals surface area contributed by atoms with E-state index >= 15 is 0 Å². The van der Waals surface area contributed by atoms with Gasteiger partial charge in [-0.15, -0.1) is 0 Å². The summed E-state index contributed by atoms with van der Waals surface area (Å²) in [5, 5.41) is 13.3. The summed E-state index contributed by atoms with van der Waals surface area (Å²) in [4.78, 5) is 41.5. The molecule has 0 saturated carbocycles. The Bertz CT molecular complexity index is 723. The van der Waals surface area contributed by atoms with E-state index in [2.05, 4.69) is 15.6 Å². The number of carbonyl (C=O) groups excluding carboxylic acids is 3. The van der Waals surface area contributed by atoms with E-state index in [-0.39, 0.29) is 12.5 Å². The highest BCUT2D eigenvalue weighted by molar-refractivity contribution is 5.95. The first-order valence-corrected chi connectivity index (χ1v) is 8.88.